The number of nitrogens with zero attached hydrogens (tertiary/aromatic N) is 3. The lowest BCUT2D eigenvalue weighted by molar-refractivity contribution is 0.270. The van der Waals surface area contributed by atoms with E-state index in [1.807, 2.05) is 6.07 Å². The number of aliphatic hydroxyl groups is 1. The molecule has 0 saturated carbocycles. The lowest BCUT2D eigenvalue weighted by atomic mass is 10.3. The summed E-state index contributed by atoms with van der Waals surface area (Å²) in [7, 11) is 0. The molecule has 68 valence electrons. The molecule has 1 heterocycles. The van der Waals surface area contributed by atoms with Crippen LogP contribution in [0.5, 0.6) is 0 Å². The topological polar surface area (TPSA) is 50.9 Å². The third kappa shape index (κ3) is 1.50. The fourth-order valence-electron chi connectivity index (χ4n) is 1.21. The summed E-state index contributed by atoms with van der Waals surface area (Å²) < 4.78 is 1.64. The molecule has 1 N–H and O–H groups in total. The van der Waals surface area contributed by atoms with Gasteiger partial charge in [-0.25, -0.2) is 4.68 Å². The number of fused-ring (bicyclic) bond motifs is 1. The van der Waals surface area contributed by atoms with Crippen LogP contribution in [0.3, 0.4) is 0 Å². The first-order chi connectivity index (χ1) is 6.31. The number of benzene rings is 1. The van der Waals surface area contributed by atoms with Crippen LogP contribution in [0.1, 0.15) is 0 Å². The average molecular weight is 198 g/mol. The van der Waals surface area contributed by atoms with Gasteiger partial charge in [0.15, 0.2) is 0 Å². The Morgan fingerprint density at radius 3 is 3.08 bits per heavy atom. The molecule has 0 amide bonds. The van der Waals surface area contributed by atoms with Gasteiger partial charge in [-0.2, -0.15) is 0 Å². The number of hydrogen-bond donors (Lipinski definition) is 1. The van der Waals surface area contributed by atoms with Crippen LogP contribution in [-0.4, -0.2) is 26.7 Å². The van der Waals surface area contributed by atoms with Crippen LogP contribution in [0.4, 0.5) is 0 Å². The minimum atomic E-state index is 0.0566. The standard InChI is InChI=1S/C8H8ClN3O/c9-6-1-2-8-7(5-6)10-11-12(8)3-4-13/h1-2,5,13H,3-4H2. The van der Waals surface area contributed by atoms with Crippen LogP contribution in [0.25, 0.3) is 11.0 Å². The zero-order chi connectivity index (χ0) is 9.26. The van der Waals surface area contributed by atoms with E-state index in [9.17, 15) is 0 Å². The van der Waals surface area contributed by atoms with Crippen molar-refractivity contribution in [1.82, 2.24) is 15.0 Å². The maximum absolute atomic E-state index is 8.74. The maximum Gasteiger partial charge on any atom is 0.114 e. The minimum absolute atomic E-state index is 0.0566. The van der Waals surface area contributed by atoms with E-state index in [2.05, 4.69) is 10.3 Å². The van der Waals surface area contributed by atoms with Crippen LogP contribution >= 0.6 is 11.6 Å². The summed E-state index contributed by atoms with van der Waals surface area (Å²) in [6.45, 7) is 0.513. The van der Waals surface area contributed by atoms with Crippen LogP contribution < -0.4 is 0 Å². The molecule has 0 bridgehead atoms. The van der Waals surface area contributed by atoms with Gasteiger partial charge < -0.3 is 5.11 Å². The molecule has 5 heteroatoms. The van der Waals surface area contributed by atoms with Gasteiger partial charge in [0.25, 0.3) is 0 Å². The molecule has 2 aromatic rings. The summed E-state index contributed by atoms with van der Waals surface area (Å²) >= 11 is 5.78. The first-order valence-electron chi connectivity index (χ1n) is 3.91. The summed E-state index contributed by atoms with van der Waals surface area (Å²) in [6.07, 6.45) is 0. The van der Waals surface area contributed by atoms with E-state index in [0.717, 1.165) is 11.0 Å². The van der Waals surface area contributed by atoms with Crippen LogP contribution in [-0.2, 0) is 6.54 Å². The molecule has 0 unspecified atom stereocenters. The molecule has 0 aliphatic heterocycles. The van der Waals surface area contributed by atoms with Gasteiger partial charge in [-0.15, -0.1) is 5.10 Å². The Morgan fingerprint density at radius 2 is 2.31 bits per heavy atom. The number of rotatable bonds is 2. The smallest absolute Gasteiger partial charge is 0.114 e. The second kappa shape index (κ2) is 3.32. The van der Waals surface area contributed by atoms with Crippen molar-refractivity contribution in [3.05, 3.63) is 23.2 Å². The highest BCUT2D eigenvalue weighted by molar-refractivity contribution is 6.31. The Bertz CT molecular complexity index is 426. The molecular weight excluding hydrogens is 190 g/mol. The molecule has 0 spiro atoms. The van der Waals surface area contributed by atoms with E-state index in [1.165, 1.54) is 0 Å². The normalized spacial score (nSPS) is 10.9. The Kier molecular flexibility index (Phi) is 2.16. The number of aromatic nitrogens is 3. The molecule has 1 aromatic heterocycles. The number of aliphatic hydroxyl groups excluding tert-OH is 1. The zero-order valence-electron chi connectivity index (χ0n) is 6.81. The van der Waals surface area contributed by atoms with Gasteiger partial charge in [0.05, 0.1) is 18.7 Å². The number of hydrogen-bond acceptors (Lipinski definition) is 3. The Labute approximate surface area is 79.7 Å². The van der Waals surface area contributed by atoms with E-state index in [0.29, 0.717) is 11.6 Å². The number of halogens is 1. The highest BCUT2D eigenvalue weighted by Crippen LogP contribution is 2.16. The second-order valence-corrected chi connectivity index (χ2v) is 3.11. The first kappa shape index (κ1) is 8.47. The average Bonchev–Trinajstić information content (AvgIpc) is 2.49. The quantitative estimate of drug-likeness (QED) is 0.784. The van der Waals surface area contributed by atoms with Crippen molar-refractivity contribution in [2.24, 2.45) is 0 Å². The Hall–Kier alpha value is -1.13. The maximum atomic E-state index is 8.74. The lowest BCUT2D eigenvalue weighted by Crippen LogP contribution is -2.03. The summed E-state index contributed by atoms with van der Waals surface area (Å²) in [5.41, 5.74) is 1.64. The van der Waals surface area contributed by atoms with E-state index in [-0.39, 0.29) is 6.61 Å². The summed E-state index contributed by atoms with van der Waals surface area (Å²) in [4.78, 5) is 0. The molecule has 13 heavy (non-hydrogen) atoms. The Balaban J connectivity index is 2.55. The molecule has 4 nitrogen and oxygen atoms in total. The van der Waals surface area contributed by atoms with Crippen molar-refractivity contribution in [2.45, 2.75) is 6.54 Å². The van der Waals surface area contributed by atoms with E-state index in [1.54, 1.807) is 16.8 Å². The molecule has 1 aromatic carbocycles. The van der Waals surface area contributed by atoms with Crippen LogP contribution in [0.2, 0.25) is 5.02 Å². The summed E-state index contributed by atoms with van der Waals surface area (Å²) in [5.74, 6) is 0. The first-order valence-corrected chi connectivity index (χ1v) is 4.28. The lowest BCUT2D eigenvalue weighted by Gasteiger charge is -1.97. The predicted octanol–water partition coefficient (Wildman–Crippen LogP) is 1.08. The molecule has 0 atom stereocenters. The van der Waals surface area contributed by atoms with Crippen molar-refractivity contribution in [3.63, 3.8) is 0 Å². The monoisotopic (exact) mass is 197 g/mol. The molecule has 0 saturated heterocycles. The minimum Gasteiger partial charge on any atom is -0.394 e. The summed E-state index contributed by atoms with van der Waals surface area (Å²) in [6, 6.07) is 5.37. The van der Waals surface area contributed by atoms with Crippen LogP contribution in [0.15, 0.2) is 18.2 Å². The molecule has 0 radical (unpaired) electrons. The van der Waals surface area contributed by atoms with Crippen molar-refractivity contribution >= 4 is 22.6 Å². The van der Waals surface area contributed by atoms with Crippen LogP contribution in [0, 0.1) is 0 Å². The van der Waals surface area contributed by atoms with Gasteiger partial charge >= 0.3 is 0 Å². The molecule has 0 fully saturated rings. The van der Waals surface area contributed by atoms with Crippen molar-refractivity contribution in [2.75, 3.05) is 6.61 Å². The van der Waals surface area contributed by atoms with Gasteiger partial charge in [0.1, 0.15) is 5.52 Å². The largest absolute Gasteiger partial charge is 0.394 e. The predicted molar refractivity (Wildman–Crippen MR) is 49.6 cm³/mol. The fraction of sp³-hybridized carbons (Fsp3) is 0.250. The highest BCUT2D eigenvalue weighted by atomic mass is 35.5. The van der Waals surface area contributed by atoms with Gasteiger partial charge in [0, 0.05) is 5.02 Å². The van der Waals surface area contributed by atoms with Gasteiger partial charge in [0.2, 0.25) is 0 Å². The molecule has 2 rings (SSSR count). The summed E-state index contributed by atoms with van der Waals surface area (Å²) in [5, 5.41) is 17.2. The Morgan fingerprint density at radius 1 is 1.46 bits per heavy atom. The van der Waals surface area contributed by atoms with Crippen molar-refractivity contribution in [3.8, 4) is 0 Å². The third-order valence-corrected chi connectivity index (χ3v) is 2.02. The SMILES string of the molecule is OCCn1nnc2cc(Cl)ccc21. The van der Waals surface area contributed by atoms with Gasteiger partial charge in [-0.1, -0.05) is 16.8 Å². The van der Waals surface area contributed by atoms with Crippen molar-refractivity contribution in [1.29, 1.82) is 0 Å². The van der Waals surface area contributed by atoms with Crippen molar-refractivity contribution < 1.29 is 5.11 Å². The third-order valence-electron chi connectivity index (χ3n) is 1.79. The fourth-order valence-corrected chi connectivity index (χ4v) is 1.37. The van der Waals surface area contributed by atoms with Gasteiger partial charge in [-0.3, -0.25) is 0 Å². The molecular formula is C8H8ClN3O. The van der Waals surface area contributed by atoms with E-state index in [4.69, 9.17) is 16.7 Å². The van der Waals surface area contributed by atoms with Gasteiger partial charge in [-0.05, 0) is 18.2 Å². The molecule has 0 aliphatic carbocycles. The molecule has 0 aliphatic rings. The van der Waals surface area contributed by atoms with E-state index >= 15 is 0 Å². The van der Waals surface area contributed by atoms with E-state index < -0.39 is 0 Å². The highest BCUT2D eigenvalue weighted by Gasteiger charge is 2.03. The zero-order valence-corrected chi connectivity index (χ0v) is 7.57. The second-order valence-electron chi connectivity index (χ2n) is 2.67.